The van der Waals surface area contributed by atoms with Crippen LogP contribution in [0.4, 0.5) is 0 Å². The van der Waals surface area contributed by atoms with Gasteiger partial charge in [-0.1, -0.05) is 43.4 Å². The quantitative estimate of drug-likeness (QED) is 0.609. The minimum Gasteiger partial charge on any atom is -0.0750 e. The highest BCUT2D eigenvalue weighted by Crippen LogP contribution is 2.13. The number of hydrogen-bond donors (Lipinski definition) is 0. The first kappa shape index (κ1) is 7.35. The molecule has 46 valence electrons. The van der Waals surface area contributed by atoms with Crippen LogP contribution in [0.1, 0.15) is 0 Å². The van der Waals surface area contributed by atoms with E-state index in [4.69, 9.17) is 0 Å². The second kappa shape index (κ2) is 2.89. The van der Waals surface area contributed by atoms with Gasteiger partial charge in [-0.2, -0.15) is 0 Å². The number of hydrogen-bond acceptors (Lipinski definition) is 0. The summed E-state index contributed by atoms with van der Waals surface area (Å²) in [5, 5.41) is 0. The molecule has 9 heavy (non-hydrogen) atoms. The zero-order chi connectivity index (χ0) is 6.85. The van der Waals surface area contributed by atoms with Gasteiger partial charge in [0.2, 0.25) is 0 Å². The van der Waals surface area contributed by atoms with Crippen LogP contribution in [0, 0.1) is 0 Å². The summed E-state index contributed by atoms with van der Waals surface area (Å²) in [6.45, 7) is 0. The topological polar surface area (TPSA) is 0 Å². The van der Waals surface area contributed by atoms with E-state index in [0.717, 1.165) is 8.95 Å². The van der Waals surface area contributed by atoms with Crippen molar-refractivity contribution in [2.45, 2.75) is 0 Å². The van der Waals surface area contributed by atoms with Crippen LogP contribution in [0.5, 0.6) is 0 Å². The highest BCUT2D eigenvalue weighted by Gasteiger charge is 1.91. The number of rotatable bonds is 0. The highest BCUT2D eigenvalue weighted by molar-refractivity contribution is 9.11. The molecule has 0 saturated carbocycles. The van der Waals surface area contributed by atoms with Crippen LogP contribution < -0.4 is 5.46 Å². The maximum absolute atomic E-state index is 3.42. The summed E-state index contributed by atoms with van der Waals surface area (Å²) in [5.41, 5.74) is 1.26. The van der Waals surface area contributed by atoms with Crippen molar-refractivity contribution >= 4 is 45.2 Å². The molecule has 0 amide bonds. The molecule has 0 nitrogen and oxygen atoms in total. The summed E-state index contributed by atoms with van der Waals surface area (Å²) in [5.74, 6) is 0. The van der Waals surface area contributed by atoms with Crippen LogP contribution in [0.2, 0.25) is 0 Å². The first-order chi connectivity index (χ1) is 4.20. The van der Waals surface area contributed by atoms with E-state index in [9.17, 15) is 0 Å². The van der Waals surface area contributed by atoms with Crippen LogP contribution in [-0.2, 0) is 0 Å². The summed E-state index contributed by atoms with van der Waals surface area (Å²) in [7, 11) is 2.07. The molecule has 1 rings (SSSR count). The summed E-state index contributed by atoms with van der Waals surface area (Å²) >= 11 is 6.78. The maximum atomic E-state index is 3.42. The molecule has 0 aliphatic rings. The van der Waals surface area contributed by atoms with Gasteiger partial charge in [-0.15, -0.1) is 0 Å². The van der Waals surface area contributed by atoms with Crippen molar-refractivity contribution in [2.75, 3.05) is 0 Å². The normalized spacial score (nSPS) is 9.56. The first-order valence-corrected chi connectivity index (χ1v) is 4.20. The standard InChI is InChI=1S/C6H5BBr2/c7-5-2-1-4(8)3-6(5)9/h1-3H,7H2. The summed E-state index contributed by atoms with van der Waals surface area (Å²) in [6, 6.07) is 6.13. The Kier molecular flexibility index (Phi) is 2.36. The van der Waals surface area contributed by atoms with Crippen LogP contribution in [0.3, 0.4) is 0 Å². The number of halogens is 2. The van der Waals surface area contributed by atoms with Gasteiger partial charge in [0.15, 0.2) is 0 Å². The average molecular weight is 248 g/mol. The van der Waals surface area contributed by atoms with Crippen LogP contribution in [-0.4, -0.2) is 7.85 Å². The Morgan fingerprint density at radius 1 is 1.22 bits per heavy atom. The maximum Gasteiger partial charge on any atom is 0.140 e. The Balaban J connectivity index is 3.17. The molecule has 0 heterocycles. The van der Waals surface area contributed by atoms with Crippen molar-refractivity contribution in [3.05, 3.63) is 27.1 Å². The largest absolute Gasteiger partial charge is 0.140 e. The molecule has 0 aliphatic carbocycles. The lowest BCUT2D eigenvalue weighted by atomic mass is 9.97. The van der Waals surface area contributed by atoms with Gasteiger partial charge in [-0.3, -0.25) is 0 Å². The molecule has 0 unspecified atom stereocenters. The Bertz CT molecular complexity index is 222. The van der Waals surface area contributed by atoms with Crippen LogP contribution in [0.15, 0.2) is 27.1 Å². The van der Waals surface area contributed by atoms with Crippen LogP contribution in [0.25, 0.3) is 0 Å². The fourth-order valence-corrected chi connectivity index (χ4v) is 1.61. The molecule has 0 bridgehead atoms. The number of benzene rings is 1. The Morgan fingerprint density at radius 3 is 2.33 bits per heavy atom. The van der Waals surface area contributed by atoms with Crippen LogP contribution >= 0.6 is 31.9 Å². The summed E-state index contributed by atoms with van der Waals surface area (Å²) < 4.78 is 2.26. The Labute approximate surface area is 72.3 Å². The van der Waals surface area contributed by atoms with Crippen molar-refractivity contribution in [1.29, 1.82) is 0 Å². The van der Waals surface area contributed by atoms with Gasteiger partial charge in [-0.25, -0.2) is 0 Å². The lowest BCUT2D eigenvalue weighted by molar-refractivity contribution is 1.65. The fourth-order valence-electron chi connectivity index (χ4n) is 0.567. The molecule has 0 N–H and O–H groups in total. The van der Waals surface area contributed by atoms with Gasteiger partial charge in [0, 0.05) is 8.95 Å². The van der Waals surface area contributed by atoms with Gasteiger partial charge in [0.25, 0.3) is 0 Å². The van der Waals surface area contributed by atoms with Crippen molar-refractivity contribution in [2.24, 2.45) is 0 Å². The molecule has 0 atom stereocenters. The van der Waals surface area contributed by atoms with E-state index in [1.165, 1.54) is 5.46 Å². The second-order valence-electron chi connectivity index (χ2n) is 1.89. The van der Waals surface area contributed by atoms with Crippen molar-refractivity contribution < 1.29 is 0 Å². The zero-order valence-corrected chi connectivity index (χ0v) is 8.16. The molecule has 0 aromatic heterocycles. The summed E-state index contributed by atoms with van der Waals surface area (Å²) in [4.78, 5) is 0. The fraction of sp³-hybridized carbons (Fsp3) is 0. The lowest BCUT2D eigenvalue weighted by Gasteiger charge is -1.95. The Morgan fingerprint density at radius 2 is 1.89 bits per heavy atom. The second-order valence-corrected chi connectivity index (χ2v) is 3.66. The van der Waals surface area contributed by atoms with E-state index in [1.807, 2.05) is 12.1 Å². The molecular formula is C6H5BBr2. The smallest absolute Gasteiger partial charge is 0.0750 e. The van der Waals surface area contributed by atoms with Gasteiger partial charge < -0.3 is 0 Å². The van der Waals surface area contributed by atoms with E-state index >= 15 is 0 Å². The van der Waals surface area contributed by atoms with E-state index in [1.54, 1.807) is 0 Å². The summed E-state index contributed by atoms with van der Waals surface area (Å²) in [6.07, 6.45) is 0. The zero-order valence-electron chi connectivity index (χ0n) is 4.99. The van der Waals surface area contributed by atoms with Gasteiger partial charge >= 0.3 is 0 Å². The molecule has 0 spiro atoms. The lowest BCUT2D eigenvalue weighted by Crippen LogP contribution is -2.02. The average Bonchev–Trinajstić information content (AvgIpc) is 1.80. The molecule has 1 aromatic rings. The van der Waals surface area contributed by atoms with E-state index in [-0.39, 0.29) is 0 Å². The molecule has 0 fully saturated rings. The molecule has 0 radical (unpaired) electrons. The predicted molar refractivity (Wildman–Crippen MR) is 50.0 cm³/mol. The third-order valence-corrected chi connectivity index (χ3v) is 2.48. The predicted octanol–water partition coefficient (Wildman–Crippen LogP) is 1.47. The minimum atomic E-state index is 1.11. The van der Waals surface area contributed by atoms with Crippen molar-refractivity contribution in [1.82, 2.24) is 0 Å². The molecule has 1 aromatic carbocycles. The third kappa shape index (κ3) is 1.83. The van der Waals surface area contributed by atoms with E-state index in [0.29, 0.717) is 0 Å². The highest BCUT2D eigenvalue weighted by atomic mass is 79.9. The van der Waals surface area contributed by atoms with Gasteiger partial charge in [-0.05, 0) is 12.1 Å². The van der Waals surface area contributed by atoms with Crippen molar-refractivity contribution in [3.8, 4) is 0 Å². The van der Waals surface area contributed by atoms with E-state index < -0.39 is 0 Å². The molecule has 0 saturated heterocycles. The van der Waals surface area contributed by atoms with Crippen molar-refractivity contribution in [3.63, 3.8) is 0 Å². The van der Waals surface area contributed by atoms with Gasteiger partial charge in [0.1, 0.15) is 7.85 Å². The molecule has 3 heteroatoms. The Hall–Kier alpha value is 0.245. The first-order valence-electron chi connectivity index (χ1n) is 2.62. The monoisotopic (exact) mass is 246 g/mol. The molecular weight excluding hydrogens is 243 g/mol. The van der Waals surface area contributed by atoms with Gasteiger partial charge in [0.05, 0.1) is 0 Å². The molecule has 0 aliphatic heterocycles. The minimum absolute atomic E-state index is 1.11. The SMILES string of the molecule is Bc1ccc(Br)cc1Br. The third-order valence-electron chi connectivity index (χ3n) is 1.13. The van der Waals surface area contributed by atoms with E-state index in [2.05, 4.69) is 45.8 Å².